The fraction of sp³-hybridized carbons (Fsp3) is 0. The Labute approximate surface area is 105 Å². The van der Waals surface area contributed by atoms with Crippen molar-refractivity contribution < 1.29 is 52.8 Å². The Hall–Kier alpha value is 1.64. The second-order valence-corrected chi connectivity index (χ2v) is 2.84. The van der Waals surface area contributed by atoms with Gasteiger partial charge in [-0.2, -0.15) is 0 Å². The van der Waals surface area contributed by atoms with Gasteiger partial charge >= 0.3 is 51.4 Å². The summed E-state index contributed by atoms with van der Waals surface area (Å²) < 4.78 is 4.05. The van der Waals surface area contributed by atoms with E-state index in [1.54, 1.807) is 0 Å². The normalized spacial score (nSPS) is 8.00. The fourth-order valence-electron chi connectivity index (χ4n) is 0.216. The predicted molar refractivity (Wildman–Crippen MR) is 35.8 cm³/mol. The van der Waals surface area contributed by atoms with Crippen molar-refractivity contribution in [3.05, 3.63) is 8.46 Å². The second kappa shape index (κ2) is 4.45. The van der Waals surface area contributed by atoms with Crippen LogP contribution in [0, 0.1) is 8.46 Å². The van der Waals surface area contributed by atoms with Gasteiger partial charge in [0.1, 0.15) is 8.46 Å². The summed E-state index contributed by atoms with van der Waals surface area (Å²) in [5.41, 5.74) is 0. The van der Waals surface area contributed by atoms with Crippen molar-refractivity contribution >= 4 is 36.0 Å². The number of nitrogens with one attached hydrogen (secondary N) is 2. The number of rotatable bonds is 0. The molecule has 0 bridgehead atoms. The van der Waals surface area contributed by atoms with E-state index < -0.39 is 0 Å². The molecule has 2 nitrogen and oxygen atoms in total. The molecule has 0 spiro atoms. The molecule has 0 aliphatic rings. The van der Waals surface area contributed by atoms with Crippen molar-refractivity contribution in [2.75, 3.05) is 0 Å². The molecule has 2 N–H and O–H groups in total. The molecule has 8 heavy (non-hydrogen) atoms. The molecule has 0 saturated carbocycles. The first-order chi connectivity index (χ1) is 3.30. The monoisotopic (exact) mass is 190 g/mol. The Morgan fingerprint density at radius 1 is 1.50 bits per heavy atom. The van der Waals surface area contributed by atoms with Gasteiger partial charge in [0.25, 0.3) is 0 Å². The van der Waals surface area contributed by atoms with Crippen molar-refractivity contribution in [3.8, 4) is 0 Å². The van der Waals surface area contributed by atoms with E-state index in [1.807, 2.05) is 0 Å². The SMILES string of the molecule is S=c1[nH][nH]sc1=S.[H-].[K+]. The molecular formula is C2H3KN2S3. The topological polar surface area (TPSA) is 31.6 Å². The van der Waals surface area contributed by atoms with Crippen LogP contribution >= 0.6 is 36.0 Å². The van der Waals surface area contributed by atoms with Crippen LogP contribution in [0.3, 0.4) is 0 Å². The molecule has 0 aliphatic heterocycles. The summed E-state index contributed by atoms with van der Waals surface area (Å²) in [6, 6.07) is 0. The minimum Gasteiger partial charge on any atom is -1.00 e. The second-order valence-electron chi connectivity index (χ2n) is 0.946. The van der Waals surface area contributed by atoms with Crippen molar-refractivity contribution in [1.29, 1.82) is 0 Å². The maximum atomic E-state index is 4.74. The number of hydrogen-bond donors (Lipinski definition) is 2. The first-order valence-corrected chi connectivity index (χ1v) is 3.20. The van der Waals surface area contributed by atoms with Gasteiger partial charge < -0.3 is 1.43 Å². The number of aromatic amines is 2. The molecule has 0 aliphatic carbocycles. The first kappa shape index (κ1) is 9.64. The fourth-order valence-corrected chi connectivity index (χ4v) is 1.02. The average molecular weight is 190 g/mol. The predicted octanol–water partition coefficient (Wildman–Crippen LogP) is -1.02. The van der Waals surface area contributed by atoms with Gasteiger partial charge in [0.05, 0.1) is 0 Å². The summed E-state index contributed by atoms with van der Waals surface area (Å²) in [5.74, 6) is 0. The zero-order chi connectivity index (χ0) is 5.28. The Morgan fingerprint density at radius 2 is 2.12 bits per heavy atom. The minimum absolute atomic E-state index is 0. The molecule has 6 heteroatoms. The molecule has 0 fully saturated rings. The van der Waals surface area contributed by atoms with E-state index in [0.717, 1.165) is 3.82 Å². The van der Waals surface area contributed by atoms with Gasteiger partial charge in [0.15, 0.2) is 0 Å². The zero-order valence-corrected chi connectivity index (χ0v) is 9.80. The summed E-state index contributed by atoms with van der Waals surface area (Å²) in [6.45, 7) is 0. The molecule has 1 aromatic heterocycles. The van der Waals surface area contributed by atoms with E-state index >= 15 is 0 Å². The van der Waals surface area contributed by atoms with Crippen molar-refractivity contribution in [2.24, 2.45) is 0 Å². The van der Waals surface area contributed by atoms with Crippen LogP contribution < -0.4 is 51.4 Å². The van der Waals surface area contributed by atoms with Gasteiger partial charge in [-0.05, 0) is 11.5 Å². The summed E-state index contributed by atoms with van der Waals surface area (Å²) in [7, 11) is 0. The third-order valence-corrected chi connectivity index (χ3v) is 2.11. The Kier molecular flexibility index (Phi) is 5.36. The van der Waals surface area contributed by atoms with Crippen molar-refractivity contribution in [1.82, 2.24) is 9.59 Å². The molecule has 1 aromatic rings. The van der Waals surface area contributed by atoms with Crippen LogP contribution in [-0.4, -0.2) is 9.59 Å². The third-order valence-electron chi connectivity index (χ3n) is 0.494. The average Bonchev–Trinajstić information content (AvgIpc) is 1.91. The van der Waals surface area contributed by atoms with E-state index in [4.69, 9.17) is 24.4 Å². The van der Waals surface area contributed by atoms with E-state index in [2.05, 4.69) is 9.59 Å². The Morgan fingerprint density at radius 3 is 2.25 bits per heavy atom. The van der Waals surface area contributed by atoms with Crippen LogP contribution in [-0.2, 0) is 0 Å². The summed E-state index contributed by atoms with van der Waals surface area (Å²) in [5, 5.41) is 2.67. The van der Waals surface area contributed by atoms with Gasteiger partial charge in [0.2, 0.25) is 0 Å². The standard InChI is InChI=1S/C2H2N2S3.K.H/c5-1-2(6)7-4-3-1;;/h4H,(H,3,5);;/q;+1;-1. The number of aromatic nitrogens is 2. The minimum atomic E-state index is 0. The van der Waals surface area contributed by atoms with Gasteiger partial charge in [-0.3, -0.25) is 9.59 Å². The molecule has 0 atom stereocenters. The number of H-pyrrole nitrogens is 2. The van der Waals surface area contributed by atoms with E-state index in [1.165, 1.54) is 11.5 Å². The summed E-state index contributed by atoms with van der Waals surface area (Å²) in [6.07, 6.45) is 0. The van der Waals surface area contributed by atoms with Crippen LogP contribution in [0.4, 0.5) is 0 Å². The molecule has 0 aromatic carbocycles. The molecule has 40 valence electrons. The largest absolute Gasteiger partial charge is 1.00 e. The van der Waals surface area contributed by atoms with Crippen molar-refractivity contribution in [2.45, 2.75) is 0 Å². The van der Waals surface area contributed by atoms with Crippen LogP contribution in [0.2, 0.25) is 0 Å². The van der Waals surface area contributed by atoms with Gasteiger partial charge in [0, 0.05) is 0 Å². The van der Waals surface area contributed by atoms with Crippen LogP contribution in [0.15, 0.2) is 0 Å². The maximum Gasteiger partial charge on any atom is 1.00 e. The van der Waals surface area contributed by atoms with Crippen LogP contribution in [0.5, 0.6) is 0 Å². The van der Waals surface area contributed by atoms with Gasteiger partial charge in [-0.25, -0.2) is 0 Å². The summed E-state index contributed by atoms with van der Waals surface area (Å²) >= 11 is 10.8. The molecule has 0 saturated heterocycles. The third kappa shape index (κ3) is 2.48. The van der Waals surface area contributed by atoms with E-state index in [9.17, 15) is 0 Å². The molecule has 0 amide bonds. The summed E-state index contributed by atoms with van der Waals surface area (Å²) in [4.78, 5) is 0. The van der Waals surface area contributed by atoms with E-state index in [-0.39, 0.29) is 52.8 Å². The smallest absolute Gasteiger partial charge is 1.00 e. The van der Waals surface area contributed by atoms with Gasteiger partial charge in [-0.1, -0.05) is 24.4 Å². The van der Waals surface area contributed by atoms with Crippen LogP contribution in [0.1, 0.15) is 1.43 Å². The maximum absolute atomic E-state index is 4.74. The van der Waals surface area contributed by atoms with E-state index in [0.29, 0.717) is 4.64 Å². The molecule has 1 rings (SSSR count). The Balaban J connectivity index is 0. The number of hydrogen-bond acceptors (Lipinski definition) is 3. The first-order valence-electron chi connectivity index (χ1n) is 1.57. The van der Waals surface area contributed by atoms with Crippen molar-refractivity contribution in [3.63, 3.8) is 0 Å². The molecule has 0 unspecified atom stereocenters. The van der Waals surface area contributed by atoms with Crippen LogP contribution in [0.25, 0.3) is 0 Å². The molecule has 0 radical (unpaired) electrons. The quantitative estimate of drug-likeness (QED) is 0.405. The zero-order valence-electron chi connectivity index (χ0n) is 5.22. The Bertz CT molecular complexity index is 224. The molecular weight excluding hydrogens is 187 g/mol. The molecule has 1 heterocycles. The van der Waals surface area contributed by atoms with Gasteiger partial charge in [-0.15, -0.1) is 0 Å².